The van der Waals surface area contributed by atoms with E-state index in [1.165, 1.54) is 22.0 Å². The lowest BCUT2D eigenvalue weighted by Crippen LogP contribution is -2.11. The number of aromatic amines is 1. The van der Waals surface area contributed by atoms with Gasteiger partial charge in [-0.15, -0.1) is 0 Å². The Balaban J connectivity index is 2.61. The lowest BCUT2D eigenvalue weighted by atomic mass is 9.84. The number of hydrogen-bond acceptors (Lipinski definition) is 0. The van der Waals surface area contributed by atoms with E-state index < -0.39 is 0 Å². The summed E-state index contributed by atoms with van der Waals surface area (Å²) >= 11 is 0. The Morgan fingerprint density at radius 2 is 1.53 bits per heavy atom. The van der Waals surface area contributed by atoms with Crippen molar-refractivity contribution in [3.8, 4) is 0 Å². The highest BCUT2D eigenvalue weighted by atomic mass is 14.7. The molecule has 0 aliphatic rings. The lowest BCUT2D eigenvalue weighted by Gasteiger charge is -2.20. The Morgan fingerprint density at radius 3 is 2.06 bits per heavy atom. The van der Waals surface area contributed by atoms with Crippen LogP contribution < -0.4 is 0 Å². The van der Waals surface area contributed by atoms with Gasteiger partial charge in [-0.3, -0.25) is 0 Å². The van der Waals surface area contributed by atoms with E-state index in [9.17, 15) is 0 Å². The van der Waals surface area contributed by atoms with Crippen LogP contribution in [0.4, 0.5) is 0 Å². The molecule has 2 rings (SSSR count). The maximum atomic E-state index is 3.41. The fourth-order valence-corrected chi connectivity index (χ4v) is 2.21. The molecule has 1 N–H and O–H groups in total. The quantitative estimate of drug-likeness (QED) is 0.670. The van der Waals surface area contributed by atoms with Crippen LogP contribution in [0.3, 0.4) is 0 Å². The zero-order chi connectivity index (χ0) is 12.8. The monoisotopic (exact) mass is 229 g/mol. The molecule has 1 aromatic carbocycles. The van der Waals surface area contributed by atoms with Gasteiger partial charge in [0.15, 0.2) is 0 Å². The minimum Gasteiger partial charge on any atom is -0.361 e. The number of H-pyrrole nitrogens is 1. The van der Waals surface area contributed by atoms with Crippen LogP contribution >= 0.6 is 0 Å². The number of fused-ring (bicyclic) bond motifs is 1. The van der Waals surface area contributed by atoms with Gasteiger partial charge in [0, 0.05) is 17.1 Å². The molecule has 0 bridgehead atoms. The number of benzene rings is 1. The van der Waals surface area contributed by atoms with E-state index >= 15 is 0 Å². The third-order valence-electron chi connectivity index (χ3n) is 3.36. The first-order valence-corrected chi connectivity index (χ1v) is 6.32. The summed E-state index contributed by atoms with van der Waals surface area (Å²) in [5.41, 5.74) is 4.44. The van der Waals surface area contributed by atoms with Gasteiger partial charge in [-0.1, -0.05) is 53.7 Å². The molecule has 1 heteroatoms. The van der Waals surface area contributed by atoms with Gasteiger partial charge in [0.05, 0.1) is 0 Å². The van der Waals surface area contributed by atoms with Crippen LogP contribution in [0.2, 0.25) is 0 Å². The van der Waals surface area contributed by atoms with Crippen molar-refractivity contribution in [2.45, 2.75) is 52.4 Å². The van der Waals surface area contributed by atoms with Crippen molar-refractivity contribution in [3.63, 3.8) is 0 Å². The van der Waals surface area contributed by atoms with Gasteiger partial charge in [0.25, 0.3) is 0 Å². The number of rotatable bonds is 0. The third-order valence-corrected chi connectivity index (χ3v) is 3.36. The van der Waals surface area contributed by atoms with Crippen molar-refractivity contribution in [1.29, 1.82) is 0 Å². The first-order chi connectivity index (χ1) is 7.69. The fourth-order valence-electron chi connectivity index (χ4n) is 2.21. The van der Waals surface area contributed by atoms with Crippen LogP contribution in [0.25, 0.3) is 10.9 Å². The summed E-state index contributed by atoms with van der Waals surface area (Å²) in [6.07, 6.45) is 2.15. The summed E-state index contributed by atoms with van der Waals surface area (Å²) in [7, 11) is 0. The van der Waals surface area contributed by atoms with E-state index in [-0.39, 0.29) is 10.8 Å². The summed E-state index contributed by atoms with van der Waals surface area (Å²) < 4.78 is 0. The lowest BCUT2D eigenvalue weighted by molar-refractivity contribution is 0.590. The van der Waals surface area contributed by atoms with Crippen molar-refractivity contribution in [2.75, 3.05) is 0 Å². The average molecular weight is 229 g/mol. The van der Waals surface area contributed by atoms with Crippen LogP contribution in [0.15, 0.2) is 24.4 Å². The van der Waals surface area contributed by atoms with Crippen molar-refractivity contribution < 1.29 is 0 Å². The van der Waals surface area contributed by atoms with E-state index in [4.69, 9.17) is 0 Å². The second kappa shape index (κ2) is 3.63. The van der Waals surface area contributed by atoms with E-state index in [1.807, 2.05) is 0 Å². The molecule has 0 saturated carbocycles. The summed E-state index contributed by atoms with van der Waals surface area (Å²) in [6, 6.07) is 6.79. The number of nitrogens with one attached hydrogen (secondary N) is 1. The molecule has 0 amide bonds. The summed E-state index contributed by atoms with van der Waals surface area (Å²) in [6.45, 7) is 13.5. The Labute approximate surface area is 104 Å². The molecule has 1 nitrogen and oxygen atoms in total. The zero-order valence-corrected chi connectivity index (χ0v) is 11.8. The molecular weight excluding hydrogens is 206 g/mol. The molecule has 0 aliphatic heterocycles. The Hall–Kier alpha value is -1.24. The van der Waals surface area contributed by atoms with Gasteiger partial charge in [-0.25, -0.2) is 0 Å². The second-order valence-corrected chi connectivity index (χ2v) is 6.96. The van der Waals surface area contributed by atoms with Gasteiger partial charge in [0.1, 0.15) is 0 Å². The molecule has 2 aromatic rings. The summed E-state index contributed by atoms with van der Waals surface area (Å²) in [4.78, 5) is 3.41. The van der Waals surface area contributed by atoms with Crippen LogP contribution in [0.1, 0.15) is 52.7 Å². The fraction of sp³-hybridized carbons (Fsp3) is 0.500. The third kappa shape index (κ3) is 2.24. The molecule has 0 atom stereocenters. The van der Waals surface area contributed by atoms with Gasteiger partial charge in [-0.05, 0) is 28.0 Å². The Morgan fingerprint density at radius 1 is 0.882 bits per heavy atom. The van der Waals surface area contributed by atoms with Crippen molar-refractivity contribution >= 4 is 10.9 Å². The van der Waals surface area contributed by atoms with Crippen LogP contribution in [-0.2, 0) is 10.8 Å². The van der Waals surface area contributed by atoms with Crippen molar-refractivity contribution in [2.24, 2.45) is 0 Å². The first kappa shape index (κ1) is 12.2. The van der Waals surface area contributed by atoms with E-state index in [2.05, 4.69) is 70.9 Å². The van der Waals surface area contributed by atoms with Gasteiger partial charge >= 0.3 is 0 Å². The maximum Gasteiger partial charge on any atom is 0.0459 e. The average Bonchev–Trinajstić information content (AvgIpc) is 2.57. The van der Waals surface area contributed by atoms with E-state index in [1.54, 1.807) is 0 Å². The smallest absolute Gasteiger partial charge is 0.0459 e. The highest BCUT2D eigenvalue weighted by Crippen LogP contribution is 2.32. The molecule has 0 unspecified atom stereocenters. The van der Waals surface area contributed by atoms with Gasteiger partial charge in [0.2, 0.25) is 0 Å². The van der Waals surface area contributed by atoms with Crippen molar-refractivity contribution in [3.05, 3.63) is 35.5 Å². The molecule has 0 saturated heterocycles. The van der Waals surface area contributed by atoms with Crippen LogP contribution in [0, 0.1) is 0 Å². The van der Waals surface area contributed by atoms with Crippen LogP contribution in [0.5, 0.6) is 0 Å². The highest BCUT2D eigenvalue weighted by molar-refractivity contribution is 5.85. The second-order valence-electron chi connectivity index (χ2n) is 6.96. The minimum atomic E-state index is 0.196. The predicted molar refractivity (Wildman–Crippen MR) is 75.7 cm³/mol. The van der Waals surface area contributed by atoms with Gasteiger partial charge < -0.3 is 4.98 Å². The zero-order valence-electron chi connectivity index (χ0n) is 11.8. The minimum absolute atomic E-state index is 0.196. The maximum absolute atomic E-state index is 3.41. The molecule has 1 heterocycles. The van der Waals surface area contributed by atoms with E-state index in [0.717, 1.165) is 0 Å². The van der Waals surface area contributed by atoms with Crippen molar-refractivity contribution in [1.82, 2.24) is 4.98 Å². The first-order valence-electron chi connectivity index (χ1n) is 6.32. The normalized spacial score (nSPS) is 13.3. The standard InChI is InChI=1S/C16H23N/c1-15(2,3)11-7-8-12-13(16(4,5)6)10-17-14(12)9-11/h7-10,17H,1-6H3. The molecule has 0 spiro atoms. The number of aromatic nitrogens is 1. The topological polar surface area (TPSA) is 15.8 Å². The predicted octanol–water partition coefficient (Wildman–Crippen LogP) is 4.76. The van der Waals surface area contributed by atoms with E-state index in [0.29, 0.717) is 0 Å². The Bertz CT molecular complexity index is 533. The van der Waals surface area contributed by atoms with Crippen LogP contribution in [-0.4, -0.2) is 4.98 Å². The molecule has 92 valence electrons. The SMILES string of the molecule is CC(C)(C)c1ccc2c(C(C)(C)C)c[nH]c2c1. The molecule has 0 radical (unpaired) electrons. The summed E-state index contributed by atoms with van der Waals surface area (Å²) in [5.74, 6) is 0. The Kier molecular flexibility index (Phi) is 2.61. The molecular formula is C16H23N. The van der Waals surface area contributed by atoms with Gasteiger partial charge in [-0.2, -0.15) is 0 Å². The molecule has 17 heavy (non-hydrogen) atoms. The largest absolute Gasteiger partial charge is 0.361 e. The molecule has 0 fully saturated rings. The molecule has 1 aromatic heterocycles. The molecule has 0 aliphatic carbocycles. The highest BCUT2D eigenvalue weighted by Gasteiger charge is 2.20. The number of hydrogen-bond donors (Lipinski definition) is 1. The summed E-state index contributed by atoms with van der Waals surface area (Å²) in [5, 5.41) is 1.35.